The standard InChI is InChI=1S/C24H21ClN2O4S/c1-3-30-18-10-8-16(9-11-18)19-13-32-22-21(19)23(28)27(14-26-22)15(2)24(29)31-12-17-6-4-5-7-20(17)25/h4-11,13-15H,3,12H2,1-2H3. The lowest BCUT2D eigenvalue weighted by Crippen LogP contribution is -2.29. The molecular formula is C24H21ClN2O4S. The lowest BCUT2D eigenvalue weighted by Gasteiger charge is -2.15. The number of esters is 1. The molecule has 0 fully saturated rings. The van der Waals surface area contributed by atoms with Gasteiger partial charge in [-0.3, -0.25) is 9.36 Å². The average molecular weight is 469 g/mol. The predicted octanol–water partition coefficient (Wildman–Crippen LogP) is 5.48. The highest BCUT2D eigenvalue weighted by Crippen LogP contribution is 2.32. The molecule has 0 saturated carbocycles. The Balaban J connectivity index is 1.61. The molecule has 8 heteroatoms. The molecule has 4 rings (SSSR count). The first-order valence-electron chi connectivity index (χ1n) is 10.1. The molecule has 1 unspecified atom stereocenters. The number of benzene rings is 2. The van der Waals surface area contributed by atoms with Gasteiger partial charge >= 0.3 is 5.97 Å². The molecule has 6 nitrogen and oxygen atoms in total. The van der Waals surface area contributed by atoms with Crippen LogP contribution in [0.2, 0.25) is 5.02 Å². The molecule has 1 atom stereocenters. The Morgan fingerprint density at radius 2 is 1.94 bits per heavy atom. The van der Waals surface area contributed by atoms with Crippen LogP contribution in [0.25, 0.3) is 21.3 Å². The Kier molecular flexibility index (Phi) is 6.58. The molecule has 0 aliphatic heterocycles. The summed E-state index contributed by atoms with van der Waals surface area (Å²) < 4.78 is 12.2. The van der Waals surface area contributed by atoms with E-state index in [9.17, 15) is 9.59 Å². The molecule has 0 aliphatic rings. The first kappa shape index (κ1) is 22.0. The summed E-state index contributed by atoms with van der Waals surface area (Å²) in [6.45, 7) is 4.16. The molecule has 0 aliphatic carbocycles. The van der Waals surface area contributed by atoms with Crippen molar-refractivity contribution in [2.24, 2.45) is 0 Å². The molecule has 2 aromatic carbocycles. The summed E-state index contributed by atoms with van der Waals surface area (Å²) in [7, 11) is 0. The van der Waals surface area contributed by atoms with Crippen molar-refractivity contribution in [3.63, 3.8) is 0 Å². The molecule has 0 N–H and O–H groups in total. The molecule has 4 aromatic rings. The van der Waals surface area contributed by atoms with Gasteiger partial charge in [0.15, 0.2) is 0 Å². The maximum Gasteiger partial charge on any atom is 0.329 e. The van der Waals surface area contributed by atoms with Crippen molar-refractivity contribution in [3.8, 4) is 16.9 Å². The van der Waals surface area contributed by atoms with E-state index >= 15 is 0 Å². The predicted molar refractivity (Wildman–Crippen MR) is 126 cm³/mol. The van der Waals surface area contributed by atoms with Crippen LogP contribution in [0.1, 0.15) is 25.5 Å². The SMILES string of the molecule is CCOc1ccc(-c2csc3ncn(C(C)C(=O)OCc4ccccc4Cl)c(=O)c23)cc1. The second-order valence-corrected chi connectivity index (χ2v) is 8.38. The van der Waals surface area contributed by atoms with Gasteiger partial charge in [0.25, 0.3) is 5.56 Å². The summed E-state index contributed by atoms with van der Waals surface area (Å²) in [5.74, 6) is 0.229. The molecule has 0 spiro atoms. The van der Waals surface area contributed by atoms with E-state index in [0.29, 0.717) is 27.4 Å². The fourth-order valence-corrected chi connectivity index (χ4v) is 4.43. The third kappa shape index (κ3) is 4.40. The Labute approximate surface area is 194 Å². The fourth-order valence-electron chi connectivity index (χ4n) is 3.33. The van der Waals surface area contributed by atoms with E-state index < -0.39 is 12.0 Å². The first-order chi connectivity index (χ1) is 15.5. The van der Waals surface area contributed by atoms with Gasteiger partial charge in [-0.2, -0.15) is 0 Å². The van der Waals surface area contributed by atoms with E-state index in [2.05, 4.69) is 4.98 Å². The van der Waals surface area contributed by atoms with Crippen LogP contribution >= 0.6 is 22.9 Å². The van der Waals surface area contributed by atoms with Gasteiger partial charge in [-0.1, -0.05) is 41.9 Å². The van der Waals surface area contributed by atoms with Gasteiger partial charge < -0.3 is 9.47 Å². The number of fused-ring (bicyclic) bond motifs is 1. The maximum absolute atomic E-state index is 13.3. The van der Waals surface area contributed by atoms with Crippen molar-refractivity contribution in [1.82, 2.24) is 9.55 Å². The summed E-state index contributed by atoms with van der Waals surface area (Å²) >= 11 is 7.51. The maximum atomic E-state index is 13.3. The molecule has 0 bridgehead atoms. The van der Waals surface area contributed by atoms with Gasteiger partial charge in [0.05, 0.1) is 18.3 Å². The quantitative estimate of drug-likeness (QED) is 0.336. The van der Waals surface area contributed by atoms with E-state index in [1.807, 2.05) is 42.6 Å². The van der Waals surface area contributed by atoms with E-state index in [1.54, 1.807) is 25.1 Å². The lowest BCUT2D eigenvalue weighted by molar-refractivity contribution is -0.148. The zero-order valence-corrected chi connectivity index (χ0v) is 19.2. The number of aromatic nitrogens is 2. The van der Waals surface area contributed by atoms with Crippen molar-refractivity contribution < 1.29 is 14.3 Å². The molecule has 2 aromatic heterocycles. The molecule has 0 saturated heterocycles. The topological polar surface area (TPSA) is 70.4 Å². The summed E-state index contributed by atoms with van der Waals surface area (Å²) in [5.41, 5.74) is 2.07. The van der Waals surface area contributed by atoms with Gasteiger partial charge in [0, 0.05) is 21.5 Å². The number of carbonyl (C=O) groups is 1. The van der Waals surface area contributed by atoms with E-state index in [1.165, 1.54) is 22.2 Å². The number of nitrogens with zero attached hydrogens (tertiary/aromatic N) is 2. The van der Waals surface area contributed by atoms with Crippen LogP contribution in [0.5, 0.6) is 5.75 Å². The van der Waals surface area contributed by atoms with Crippen molar-refractivity contribution in [2.45, 2.75) is 26.5 Å². The second-order valence-electron chi connectivity index (χ2n) is 7.12. The second kappa shape index (κ2) is 9.54. The minimum Gasteiger partial charge on any atom is -0.494 e. The number of carbonyl (C=O) groups excluding carboxylic acids is 1. The van der Waals surface area contributed by atoms with E-state index in [-0.39, 0.29) is 12.2 Å². The number of halogens is 1. The number of ether oxygens (including phenoxy) is 2. The van der Waals surface area contributed by atoms with Gasteiger partial charge in [0.2, 0.25) is 0 Å². The zero-order valence-electron chi connectivity index (χ0n) is 17.6. The van der Waals surface area contributed by atoms with Gasteiger partial charge in [0.1, 0.15) is 23.2 Å². The van der Waals surface area contributed by atoms with Crippen molar-refractivity contribution in [1.29, 1.82) is 0 Å². The normalized spacial score (nSPS) is 12.0. The zero-order chi connectivity index (χ0) is 22.7. The van der Waals surface area contributed by atoms with Crippen LogP contribution in [0, 0.1) is 0 Å². The molecule has 164 valence electrons. The number of thiophene rings is 1. The minimum atomic E-state index is -0.838. The van der Waals surface area contributed by atoms with Crippen molar-refractivity contribution in [2.75, 3.05) is 6.61 Å². The number of hydrogen-bond donors (Lipinski definition) is 0. The molecular weight excluding hydrogens is 448 g/mol. The summed E-state index contributed by atoms with van der Waals surface area (Å²) in [4.78, 5) is 31.0. The van der Waals surface area contributed by atoms with Crippen LogP contribution in [-0.4, -0.2) is 22.1 Å². The molecule has 2 heterocycles. The monoisotopic (exact) mass is 468 g/mol. The third-order valence-electron chi connectivity index (χ3n) is 5.08. The van der Waals surface area contributed by atoms with E-state index in [0.717, 1.165) is 16.9 Å². The number of rotatable bonds is 7. The third-order valence-corrected chi connectivity index (χ3v) is 6.34. The van der Waals surface area contributed by atoms with Crippen LogP contribution in [0.4, 0.5) is 0 Å². The van der Waals surface area contributed by atoms with Gasteiger partial charge in [-0.25, -0.2) is 9.78 Å². The average Bonchev–Trinajstić information content (AvgIpc) is 3.24. The Morgan fingerprint density at radius 1 is 1.19 bits per heavy atom. The first-order valence-corrected chi connectivity index (χ1v) is 11.4. The molecule has 0 radical (unpaired) electrons. The minimum absolute atomic E-state index is 0.0309. The molecule has 0 amide bonds. The van der Waals surface area contributed by atoms with Crippen molar-refractivity contribution >= 4 is 39.1 Å². The summed E-state index contributed by atoms with van der Waals surface area (Å²) in [6.07, 6.45) is 1.39. The largest absolute Gasteiger partial charge is 0.494 e. The van der Waals surface area contributed by atoms with E-state index in [4.69, 9.17) is 21.1 Å². The smallest absolute Gasteiger partial charge is 0.329 e. The highest BCUT2D eigenvalue weighted by Gasteiger charge is 2.21. The van der Waals surface area contributed by atoms with Gasteiger partial charge in [-0.05, 0) is 37.6 Å². The van der Waals surface area contributed by atoms with Crippen LogP contribution in [-0.2, 0) is 16.1 Å². The Morgan fingerprint density at radius 3 is 2.66 bits per heavy atom. The van der Waals surface area contributed by atoms with Crippen LogP contribution < -0.4 is 10.3 Å². The Bertz CT molecular complexity index is 1310. The highest BCUT2D eigenvalue weighted by atomic mass is 35.5. The Hall–Kier alpha value is -3.16. The summed E-state index contributed by atoms with van der Waals surface area (Å²) in [6, 6.07) is 13.9. The van der Waals surface area contributed by atoms with Gasteiger partial charge in [-0.15, -0.1) is 11.3 Å². The van der Waals surface area contributed by atoms with Crippen LogP contribution in [0.3, 0.4) is 0 Å². The molecule has 32 heavy (non-hydrogen) atoms. The fraction of sp³-hybridized carbons (Fsp3) is 0.208. The number of hydrogen-bond acceptors (Lipinski definition) is 6. The lowest BCUT2D eigenvalue weighted by atomic mass is 10.1. The van der Waals surface area contributed by atoms with Crippen LogP contribution in [0.15, 0.2) is 65.0 Å². The highest BCUT2D eigenvalue weighted by molar-refractivity contribution is 7.17. The van der Waals surface area contributed by atoms with Crippen molar-refractivity contribution in [3.05, 3.63) is 81.2 Å². The summed E-state index contributed by atoms with van der Waals surface area (Å²) in [5, 5.41) is 2.90.